The Bertz CT molecular complexity index is 613. The zero-order valence-corrected chi connectivity index (χ0v) is 12.2. The normalized spacial score (nSPS) is 12.1. The highest BCUT2D eigenvalue weighted by Crippen LogP contribution is 2.26. The number of hydrogen-bond donors (Lipinski definition) is 1. The first-order valence-corrected chi connectivity index (χ1v) is 6.55. The van der Waals surface area contributed by atoms with E-state index in [0.29, 0.717) is 0 Å². The number of rotatable bonds is 4. The second-order valence-corrected chi connectivity index (χ2v) is 4.85. The Balaban J connectivity index is 2.21. The molecule has 106 valence electrons. The SMILES string of the molecule is COc1cc(C(C)Nc2ccc(C)nc2C)ccc1F. The standard InChI is InChI=1S/C16H19FN2O/c1-10-5-8-15(12(3)18-10)19-11(2)13-6-7-14(17)16(9-13)20-4/h5-9,11,19H,1-4H3. The molecular formula is C16H19FN2O. The molecule has 1 unspecified atom stereocenters. The maximum Gasteiger partial charge on any atom is 0.165 e. The summed E-state index contributed by atoms with van der Waals surface area (Å²) in [4.78, 5) is 4.42. The maximum absolute atomic E-state index is 13.4. The molecule has 3 nitrogen and oxygen atoms in total. The molecule has 0 aliphatic heterocycles. The molecule has 0 spiro atoms. The highest BCUT2D eigenvalue weighted by atomic mass is 19.1. The van der Waals surface area contributed by atoms with E-state index in [-0.39, 0.29) is 17.6 Å². The van der Waals surface area contributed by atoms with E-state index < -0.39 is 0 Å². The third-order valence-electron chi connectivity index (χ3n) is 3.27. The van der Waals surface area contributed by atoms with Crippen molar-refractivity contribution in [2.45, 2.75) is 26.8 Å². The average Bonchev–Trinajstić information content (AvgIpc) is 2.42. The van der Waals surface area contributed by atoms with Crippen LogP contribution in [-0.2, 0) is 0 Å². The number of hydrogen-bond acceptors (Lipinski definition) is 3. The summed E-state index contributed by atoms with van der Waals surface area (Å²) in [7, 11) is 1.47. The van der Waals surface area contributed by atoms with E-state index in [0.717, 1.165) is 22.6 Å². The Kier molecular flexibility index (Phi) is 4.23. The molecule has 0 aliphatic rings. The minimum Gasteiger partial charge on any atom is -0.494 e. The summed E-state index contributed by atoms with van der Waals surface area (Å²) in [5, 5.41) is 3.38. The van der Waals surface area contributed by atoms with E-state index >= 15 is 0 Å². The van der Waals surface area contributed by atoms with Crippen molar-refractivity contribution < 1.29 is 9.13 Å². The third kappa shape index (κ3) is 3.07. The number of pyridine rings is 1. The van der Waals surface area contributed by atoms with Gasteiger partial charge in [0.15, 0.2) is 11.6 Å². The largest absolute Gasteiger partial charge is 0.494 e. The third-order valence-corrected chi connectivity index (χ3v) is 3.27. The van der Waals surface area contributed by atoms with Gasteiger partial charge >= 0.3 is 0 Å². The fourth-order valence-corrected chi connectivity index (χ4v) is 2.10. The average molecular weight is 274 g/mol. The molecule has 2 rings (SSSR count). The van der Waals surface area contributed by atoms with Crippen molar-refractivity contribution in [2.75, 3.05) is 12.4 Å². The van der Waals surface area contributed by atoms with Crippen molar-refractivity contribution in [3.8, 4) is 5.75 Å². The van der Waals surface area contributed by atoms with E-state index in [4.69, 9.17) is 4.74 Å². The van der Waals surface area contributed by atoms with Crippen molar-refractivity contribution in [1.29, 1.82) is 0 Å². The van der Waals surface area contributed by atoms with Crippen LogP contribution in [0.2, 0.25) is 0 Å². The van der Waals surface area contributed by atoms with Crippen LogP contribution in [0.15, 0.2) is 30.3 Å². The number of aromatic nitrogens is 1. The molecule has 1 N–H and O–H groups in total. The quantitative estimate of drug-likeness (QED) is 0.914. The number of halogens is 1. The molecule has 0 radical (unpaired) electrons. The van der Waals surface area contributed by atoms with Crippen LogP contribution in [0, 0.1) is 19.7 Å². The van der Waals surface area contributed by atoms with Crippen LogP contribution in [0.5, 0.6) is 5.75 Å². The summed E-state index contributed by atoms with van der Waals surface area (Å²) < 4.78 is 18.4. The van der Waals surface area contributed by atoms with Gasteiger partial charge in [0.05, 0.1) is 18.5 Å². The molecule has 2 aromatic rings. The number of anilines is 1. The zero-order valence-electron chi connectivity index (χ0n) is 12.2. The highest BCUT2D eigenvalue weighted by Gasteiger charge is 2.11. The number of aryl methyl sites for hydroxylation is 2. The molecule has 4 heteroatoms. The van der Waals surface area contributed by atoms with Gasteiger partial charge in [-0.2, -0.15) is 0 Å². The smallest absolute Gasteiger partial charge is 0.165 e. The van der Waals surface area contributed by atoms with E-state index in [2.05, 4.69) is 10.3 Å². The molecule has 1 aromatic heterocycles. The first kappa shape index (κ1) is 14.3. The second kappa shape index (κ2) is 5.90. The molecule has 1 aromatic carbocycles. The first-order chi connectivity index (χ1) is 9.51. The number of nitrogens with zero attached hydrogens (tertiary/aromatic N) is 1. The minimum absolute atomic E-state index is 0.0349. The van der Waals surface area contributed by atoms with Gasteiger partial charge in [-0.05, 0) is 50.6 Å². The van der Waals surface area contributed by atoms with Gasteiger partial charge in [0, 0.05) is 11.7 Å². The Labute approximate surface area is 118 Å². The van der Waals surface area contributed by atoms with Gasteiger partial charge in [-0.25, -0.2) is 4.39 Å². The van der Waals surface area contributed by atoms with Crippen LogP contribution in [-0.4, -0.2) is 12.1 Å². The maximum atomic E-state index is 13.4. The van der Waals surface area contributed by atoms with Crippen LogP contribution in [0.1, 0.15) is 29.9 Å². The number of nitrogens with one attached hydrogen (secondary N) is 1. The van der Waals surface area contributed by atoms with Gasteiger partial charge in [-0.3, -0.25) is 4.98 Å². The second-order valence-electron chi connectivity index (χ2n) is 4.85. The van der Waals surface area contributed by atoms with Gasteiger partial charge in [-0.15, -0.1) is 0 Å². The van der Waals surface area contributed by atoms with Gasteiger partial charge in [-0.1, -0.05) is 6.07 Å². The summed E-state index contributed by atoms with van der Waals surface area (Å²) in [5.41, 5.74) is 3.88. The molecule has 0 fully saturated rings. The lowest BCUT2D eigenvalue weighted by molar-refractivity contribution is 0.385. The van der Waals surface area contributed by atoms with Crippen LogP contribution in [0.4, 0.5) is 10.1 Å². The molecule has 1 heterocycles. The molecule has 1 atom stereocenters. The topological polar surface area (TPSA) is 34.1 Å². The van der Waals surface area contributed by atoms with Gasteiger partial charge in [0.1, 0.15) is 0 Å². The molecule has 0 saturated carbocycles. The number of benzene rings is 1. The lowest BCUT2D eigenvalue weighted by atomic mass is 10.1. The van der Waals surface area contributed by atoms with Crippen molar-refractivity contribution in [3.63, 3.8) is 0 Å². The molecule has 0 saturated heterocycles. The number of ether oxygens (including phenoxy) is 1. The summed E-state index contributed by atoms with van der Waals surface area (Å²) in [6.45, 7) is 5.95. The van der Waals surface area contributed by atoms with Crippen LogP contribution >= 0.6 is 0 Å². The molecule has 20 heavy (non-hydrogen) atoms. The van der Waals surface area contributed by atoms with E-state index in [1.807, 2.05) is 32.9 Å². The molecule has 0 aliphatic carbocycles. The minimum atomic E-state index is -0.350. The van der Waals surface area contributed by atoms with Crippen LogP contribution in [0.25, 0.3) is 0 Å². The van der Waals surface area contributed by atoms with Crippen molar-refractivity contribution >= 4 is 5.69 Å². The molecular weight excluding hydrogens is 255 g/mol. The fraction of sp³-hybridized carbons (Fsp3) is 0.312. The summed E-state index contributed by atoms with van der Waals surface area (Å²) in [5.74, 6) is -0.0912. The summed E-state index contributed by atoms with van der Waals surface area (Å²) >= 11 is 0. The number of methoxy groups -OCH3 is 1. The van der Waals surface area contributed by atoms with E-state index in [1.165, 1.54) is 13.2 Å². The summed E-state index contributed by atoms with van der Waals surface area (Å²) in [6, 6.07) is 8.90. The Morgan fingerprint density at radius 1 is 1.20 bits per heavy atom. The first-order valence-electron chi connectivity index (χ1n) is 6.55. The fourth-order valence-electron chi connectivity index (χ4n) is 2.10. The Morgan fingerprint density at radius 2 is 1.95 bits per heavy atom. The van der Waals surface area contributed by atoms with Gasteiger partial charge in [0.2, 0.25) is 0 Å². The lowest BCUT2D eigenvalue weighted by Crippen LogP contribution is -2.09. The monoisotopic (exact) mass is 274 g/mol. The predicted octanol–water partition coefficient (Wildman–Crippen LogP) is 4.02. The van der Waals surface area contributed by atoms with Crippen LogP contribution in [0.3, 0.4) is 0 Å². The highest BCUT2D eigenvalue weighted by molar-refractivity contribution is 5.50. The van der Waals surface area contributed by atoms with Crippen molar-refractivity contribution in [1.82, 2.24) is 4.98 Å². The van der Waals surface area contributed by atoms with Gasteiger partial charge < -0.3 is 10.1 Å². The molecule has 0 amide bonds. The Hall–Kier alpha value is -2.10. The molecule has 0 bridgehead atoms. The van der Waals surface area contributed by atoms with Gasteiger partial charge in [0.25, 0.3) is 0 Å². The van der Waals surface area contributed by atoms with E-state index in [1.54, 1.807) is 12.1 Å². The zero-order chi connectivity index (χ0) is 14.7. The van der Waals surface area contributed by atoms with E-state index in [9.17, 15) is 4.39 Å². The summed E-state index contributed by atoms with van der Waals surface area (Å²) in [6.07, 6.45) is 0. The lowest BCUT2D eigenvalue weighted by Gasteiger charge is -2.18. The van der Waals surface area contributed by atoms with Crippen molar-refractivity contribution in [2.24, 2.45) is 0 Å². The van der Waals surface area contributed by atoms with Crippen LogP contribution < -0.4 is 10.1 Å². The predicted molar refractivity (Wildman–Crippen MR) is 78.7 cm³/mol. The van der Waals surface area contributed by atoms with Crippen molar-refractivity contribution in [3.05, 3.63) is 53.1 Å². The Morgan fingerprint density at radius 3 is 2.60 bits per heavy atom.